The van der Waals surface area contributed by atoms with Crippen molar-refractivity contribution < 1.29 is 9.60 Å². The van der Waals surface area contributed by atoms with Crippen LogP contribution in [0, 0.1) is 0 Å². The summed E-state index contributed by atoms with van der Waals surface area (Å²) in [6.45, 7) is 3.60. The molecular weight excluding hydrogens is 647 g/mol. The van der Waals surface area contributed by atoms with Gasteiger partial charge in [0.1, 0.15) is 0 Å². The molecule has 1 aliphatic rings. The van der Waals surface area contributed by atoms with Gasteiger partial charge in [-0.3, -0.25) is 4.57 Å². The second-order valence-electron chi connectivity index (χ2n) is 13.9. The number of fused-ring (bicyclic) bond motifs is 10. The number of para-hydroxylation sites is 3. The van der Waals surface area contributed by atoms with E-state index in [9.17, 15) is 4.11 Å². The molecule has 0 N–H and O–H groups in total. The first kappa shape index (κ1) is 23.6. The molecule has 0 aliphatic heterocycles. The predicted octanol–water partition coefficient (Wildman–Crippen LogP) is 11.7. The van der Waals surface area contributed by atoms with Gasteiger partial charge in [-0.1, -0.05) is 147 Å². The number of nitrogens with zero attached hydrogens (tertiary/aromatic N) is 5. The van der Waals surface area contributed by atoms with E-state index < -0.39 is 11.5 Å². The van der Waals surface area contributed by atoms with Crippen LogP contribution in [-0.4, -0.2) is 24.1 Å². The molecule has 5 nitrogen and oxygen atoms in total. The monoisotopic (exact) mass is 686 g/mol. The van der Waals surface area contributed by atoms with E-state index in [1.807, 2.05) is 83.4 Å². The lowest BCUT2D eigenvalue weighted by Gasteiger charge is -2.21. The van der Waals surface area contributed by atoms with Crippen LogP contribution in [0.4, 0.5) is 0 Å². The maximum Gasteiger partial charge on any atom is 0.238 e. The highest BCUT2D eigenvalue weighted by atomic mass is 15.2. The number of benzene rings is 7. The van der Waals surface area contributed by atoms with E-state index in [2.05, 4.69) is 47.0 Å². The summed E-state index contributed by atoms with van der Waals surface area (Å²) in [7, 11) is 0. The minimum Gasteiger partial charge on any atom is -0.307 e. The Hall–Kier alpha value is -6.85. The van der Waals surface area contributed by atoms with E-state index in [1.165, 1.54) is 0 Å². The molecule has 0 atom stereocenters. The molecule has 0 spiro atoms. The zero-order valence-corrected chi connectivity index (χ0v) is 28.8. The smallest absolute Gasteiger partial charge is 0.238 e. The summed E-state index contributed by atoms with van der Waals surface area (Å²) in [5.41, 5.74) is 5.21. The molecule has 0 bridgehead atoms. The fraction of sp³-hybridized carbons (Fsp3) is 0.0625. The highest BCUT2D eigenvalue weighted by Crippen LogP contribution is 2.49. The maximum atomic E-state index is 9.83. The standard InChI is InChI=1S/C48H33N5/c1-48(2)39-22-12-9-19-33(39)34-26-25-31(29-40(34)48)46-49-45(30-15-5-3-6-16-30)50-47(51-46)53-42-24-14-11-21-36(42)38-28-27-37-35-20-10-13-23-41(35)52(43(37)44(38)53)32-17-7-4-8-18-32/h3-29H,1-2H3/i9D,12D,19D,22D,25D,26D,29D. The Kier molecular flexibility index (Phi) is 4.93. The average molecular weight is 687 g/mol. The van der Waals surface area contributed by atoms with Crippen molar-refractivity contribution in [2.75, 3.05) is 0 Å². The van der Waals surface area contributed by atoms with Crippen molar-refractivity contribution in [3.05, 3.63) is 175 Å². The van der Waals surface area contributed by atoms with Crippen molar-refractivity contribution in [3.63, 3.8) is 0 Å². The first-order valence-corrected chi connectivity index (χ1v) is 17.6. The van der Waals surface area contributed by atoms with Gasteiger partial charge in [-0.15, -0.1) is 0 Å². The van der Waals surface area contributed by atoms with Gasteiger partial charge in [0.25, 0.3) is 0 Å². The molecular formula is C48H33N5. The Bertz CT molecular complexity index is 3490. The number of aromatic nitrogens is 5. The molecule has 0 fully saturated rings. The van der Waals surface area contributed by atoms with Crippen molar-refractivity contribution in [1.29, 1.82) is 0 Å². The fourth-order valence-corrected chi connectivity index (χ4v) is 8.11. The molecule has 3 aromatic heterocycles. The summed E-state index contributed by atoms with van der Waals surface area (Å²) in [5.74, 6) is 0.596. The van der Waals surface area contributed by atoms with Gasteiger partial charge >= 0.3 is 0 Å². The summed E-state index contributed by atoms with van der Waals surface area (Å²) >= 11 is 0. The van der Waals surface area contributed by atoms with Gasteiger partial charge < -0.3 is 4.57 Å². The third-order valence-electron chi connectivity index (χ3n) is 10.6. The molecule has 0 saturated heterocycles. The molecule has 5 heteroatoms. The summed E-state index contributed by atoms with van der Waals surface area (Å²) in [6, 6.07) is 38.4. The van der Waals surface area contributed by atoms with Crippen LogP contribution in [-0.2, 0) is 5.41 Å². The first-order chi connectivity index (χ1) is 29.0. The number of hydrogen-bond donors (Lipinski definition) is 0. The molecule has 0 unspecified atom stereocenters. The quantitative estimate of drug-likeness (QED) is 0.185. The first-order valence-electron chi connectivity index (χ1n) is 21.1. The molecule has 7 aromatic carbocycles. The van der Waals surface area contributed by atoms with Crippen molar-refractivity contribution in [2.24, 2.45) is 0 Å². The second kappa shape index (κ2) is 11.1. The van der Waals surface area contributed by atoms with E-state index in [-0.39, 0.29) is 64.7 Å². The zero-order chi connectivity index (χ0) is 41.4. The van der Waals surface area contributed by atoms with Crippen molar-refractivity contribution in [3.8, 4) is 45.5 Å². The van der Waals surface area contributed by atoms with Crippen molar-refractivity contribution >= 4 is 43.6 Å². The average Bonchev–Trinajstić information content (AvgIpc) is 3.88. The van der Waals surface area contributed by atoms with Gasteiger partial charge in [-0.05, 0) is 52.6 Å². The van der Waals surface area contributed by atoms with E-state index >= 15 is 0 Å². The van der Waals surface area contributed by atoms with E-state index in [1.54, 1.807) is 13.8 Å². The zero-order valence-electron chi connectivity index (χ0n) is 35.8. The molecule has 0 saturated carbocycles. The highest BCUT2D eigenvalue weighted by Gasteiger charge is 2.35. The van der Waals surface area contributed by atoms with Gasteiger partial charge in [0.05, 0.1) is 31.7 Å². The van der Waals surface area contributed by atoms with Crippen molar-refractivity contribution in [2.45, 2.75) is 19.3 Å². The Labute approximate surface area is 316 Å². The van der Waals surface area contributed by atoms with Crippen LogP contribution >= 0.6 is 0 Å². The lowest BCUT2D eigenvalue weighted by Crippen LogP contribution is -2.15. The van der Waals surface area contributed by atoms with Gasteiger partial charge in [0.2, 0.25) is 5.95 Å². The van der Waals surface area contributed by atoms with Crippen LogP contribution in [0.3, 0.4) is 0 Å². The van der Waals surface area contributed by atoms with E-state index in [0.717, 1.165) is 49.3 Å². The Morgan fingerprint density at radius 1 is 0.491 bits per heavy atom. The lowest BCUT2D eigenvalue weighted by atomic mass is 9.82. The van der Waals surface area contributed by atoms with Crippen LogP contribution in [0.2, 0.25) is 0 Å². The Morgan fingerprint density at radius 3 is 1.77 bits per heavy atom. The summed E-state index contributed by atoms with van der Waals surface area (Å²) in [5, 5.41) is 4.09. The summed E-state index contributed by atoms with van der Waals surface area (Å²) in [4.78, 5) is 15.3. The maximum absolute atomic E-state index is 9.83. The fourth-order valence-electron chi connectivity index (χ4n) is 8.11. The van der Waals surface area contributed by atoms with Crippen LogP contribution in [0.5, 0.6) is 0 Å². The molecule has 250 valence electrons. The molecule has 0 radical (unpaired) electrons. The lowest BCUT2D eigenvalue weighted by molar-refractivity contribution is 0.660. The molecule has 3 heterocycles. The molecule has 53 heavy (non-hydrogen) atoms. The molecule has 0 amide bonds. The minimum atomic E-state index is -1.11. The Morgan fingerprint density at radius 2 is 1.06 bits per heavy atom. The van der Waals surface area contributed by atoms with Gasteiger partial charge in [-0.25, -0.2) is 4.98 Å². The second-order valence-corrected chi connectivity index (χ2v) is 13.9. The number of rotatable bonds is 4. The number of hydrogen-bond acceptors (Lipinski definition) is 3. The Balaban J connectivity index is 1.28. The van der Waals surface area contributed by atoms with Crippen molar-refractivity contribution in [1.82, 2.24) is 24.1 Å². The summed E-state index contributed by atoms with van der Waals surface area (Å²) < 4.78 is 67.7. The van der Waals surface area contributed by atoms with Crippen LogP contribution < -0.4 is 0 Å². The largest absolute Gasteiger partial charge is 0.307 e. The van der Waals surface area contributed by atoms with Crippen LogP contribution in [0.15, 0.2) is 164 Å². The minimum absolute atomic E-state index is 0.0139. The molecule has 1 aliphatic carbocycles. The SMILES string of the molecule is [2H]c1c([2H])c([2H])c2c(c1[2H])-c1c([2H])c([2H])c(-c3nc(-c4ccccc4)nc(-n4c5ccccc5c5ccc6c7ccccc7n(-c7ccccc7)c6c54)n3)c([2H])c1C2(C)C. The van der Waals surface area contributed by atoms with E-state index in [0.29, 0.717) is 22.5 Å². The van der Waals surface area contributed by atoms with Crippen LogP contribution in [0.25, 0.3) is 89.2 Å². The normalized spacial score (nSPS) is 15.1. The van der Waals surface area contributed by atoms with Gasteiger partial charge in [-0.2, -0.15) is 9.97 Å². The molecule has 10 aromatic rings. The predicted molar refractivity (Wildman–Crippen MR) is 217 cm³/mol. The third-order valence-corrected chi connectivity index (χ3v) is 10.6. The highest BCUT2D eigenvalue weighted by molar-refractivity contribution is 6.23. The topological polar surface area (TPSA) is 48.5 Å². The van der Waals surface area contributed by atoms with Gasteiger partial charge in [0.15, 0.2) is 11.6 Å². The molecule has 11 rings (SSSR count). The third kappa shape index (κ3) is 4.28. The summed E-state index contributed by atoms with van der Waals surface area (Å²) in [6.07, 6.45) is 0. The van der Waals surface area contributed by atoms with Gasteiger partial charge in [0, 0.05) is 43.8 Å². The van der Waals surface area contributed by atoms with Crippen LogP contribution in [0.1, 0.15) is 34.6 Å². The van der Waals surface area contributed by atoms with E-state index in [4.69, 9.17) is 20.4 Å².